The number of rotatable bonds is 8. The molecule has 124 valence electrons. The van der Waals surface area contributed by atoms with Gasteiger partial charge in [0.05, 0.1) is 13.1 Å². The zero-order chi connectivity index (χ0) is 16.7. The van der Waals surface area contributed by atoms with Gasteiger partial charge in [0, 0.05) is 18.5 Å². The molecular formula is C18H24N2O2S. The number of amides is 1. The molecule has 1 heterocycles. The van der Waals surface area contributed by atoms with E-state index in [-0.39, 0.29) is 5.91 Å². The molecule has 0 radical (unpaired) electrons. The summed E-state index contributed by atoms with van der Waals surface area (Å²) in [5.41, 5.74) is 1.13. The van der Waals surface area contributed by atoms with Crippen molar-refractivity contribution in [2.45, 2.75) is 13.5 Å². The maximum absolute atomic E-state index is 12.2. The Kier molecular flexibility index (Phi) is 6.62. The van der Waals surface area contributed by atoms with Gasteiger partial charge in [-0.1, -0.05) is 24.3 Å². The number of nitrogens with zero attached hydrogens (tertiary/aromatic N) is 2. The number of hydrogen-bond donors (Lipinski definition) is 0. The van der Waals surface area contributed by atoms with Crippen LogP contribution in [0.4, 0.5) is 0 Å². The van der Waals surface area contributed by atoms with Gasteiger partial charge in [0.2, 0.25) is 5.91 Å². The van der Waals surface area contributed by atoms with Crippen LogP contribution in [-0.4, -0.2) is 49.5 Å². The Morgan fingerprint density at radius 3 is 2.65 bits per heavy atom. The Hall–Kier alpha value is -1.85. The molecule has 0 fully saturated rings. The first-order chi connectivity index (χ1) is 11.1. The first-order valence-electron chi connectivity index (χ1n) is 7.69. The van der Waals surface area contributed by atoms with Crippen molar-refractivity contribution in [1.82, 2.24) is 9.80 Å². The lowest BCUT2D eigenvalue weighted by molar-refractivity contribution is -0.131. The molecule has 1 amide bonds. The summed E-state index contributed by atoms with van der Waals surface area (Å²) < 4.78 is 5.77. The number of aryl methyl sites for hydroxylation is 1. The zero-order valence-electron chi connectivity index (χ0n) is 14.0. The molecule has 4 nitrogen and oxygen atoms in total. The maximum atomic E-state index is 12.2. The first-order valence-corrected chi connectivity index (χ1v) is 8.57. The molecule has 0 bridgehead atoms. The molecule has 0 saturated heterocycles. The highest BCUT2D eigenvalue weighted by Crippen LogP contribution is 2.15. The van der Waals surface area contributed by atoms with Crippen molar-refractivity contribution in [1.29, 1.82) is 0 Å². The van der Waals surface area contributed by atoms with E-state index in [0.29, 0.717) is 26.2 Å². The van der Waals surface area contributed by atoms with Crippen molar-refractivity contribution in [2.24, 2.45) is 0 Å². The summed E-state index contributed by atoms with van der Waals surface area (Å²) in [6.45, 7) is 4.39. The number of carbonyl (C=O) groups is 1. The van der Waals surface area contributed by atoms with Crippen molar-refractivity contribution in [3.8, 4) is 5.75 Å². The van der Waals surface area contributed by atoms with Crippen LogP contribution in [0.15, 0.2) is 41.8 Å². The van der Waals surface area contributed by atoms with Crippen LogP contribution >= 0.6 is 11.3 Å². The normalized spacial score (nSPS) is 10.8. The average molecular weight is 332 g/mol. The molecule has 0 aliphatic rings. The number of carbonyl (C=O) groups excluding carboxylic acids is 1. The quantitative estimate of drug-likeness (QED) is 0.745. The Morgan fingerprint density at radius 2 is 1.96 bits per heavy atom. The van der Waals surface area contributed by atoms with E-state index in [4.69, 9.17) is 4.74 Å². The van der Waals surface area contributed by atoms with Gasteiger partial charge < -0.3 is 9.64 Å². The molecule has 23 heavy (non-hydrogen) atoms. The summed E-state index contributed by atoms with van der Waals surface area (Å²) in [6, 6.07) is 12.0. The van der Waals surface area contributed by atoms with Crippen molar-refractivity contribution < 1.29 is 9.53 Å². The molecule has 0 N–H and O–H groups in total. The van der Waals surface area contributed by atoms with Crippen molar-refractivity contribution in [3.63, 3.8) is 0 Å². The summed E-state index contributed by atoms with van der Waals surface area (Å²) in [5.74, 6) is 1.03. The standard InChI is InChI=1S/C18H24N2O2S/c1-15-7-4-5-9-17(15)22-11-10-19(2)14-18(21)20(3)13-16-8-6-12-23-16/h4-9,12H,10-11,13-14H2,1-3H3. The van der Waals surface area contributed by atoms with Crippen LogP contribution in [0.1, 0.15) is 10.4 Å². The highest BCUT2D eigenvalue weighted by molar-refractivity contribution is 7.09. The van der Waals surface area contributed by atoms with E-state index in [1.807, 2.05) is 67.7 Å². The van der Waals surface area contributed by atoms with Gasteiger partial charge in [-0.25, -0.2) is 0 Å². The fourth-order valence-electron chi connectivity index (χ4n) is 2.18. The molecule has 0 aliphatic carbocycles. The summed E-state index contributed by atoms with van der Waals surface area (Å²) >= 11 is 1.67. The molecule has 1 aromatic carbocycles. The number of benzene rings is 1. The second-order valence-corrected chi connectivity index (χ2v) is 6.71. The van der Waals surface area contributed by atoms with E-state index in [1.54, 1.807) is 16.2 Å². The smallest absolute Gasteiger partial charge is 0.236 e. The van der Waals surface area contributed by atoms with Gasteiger partial charge in [-0.15, -0.1) is 11.3 Å². The summed E-state index contributed by atoms with van der Waals surface area (Å²) in [6.07, 6.45) is 0. The van der Waals surface area contributed by atoms with Crippen LogP contribution in [0.3, 0.4) is 0 Å². The fourth-order valence-corrected chi connectivity index (χ4v) is 2.94. The molecular weight excluding hydrogens is 308 g/mol. The molecule has 0 atom stereocenters. The van der Waals surface area contributed by atoms with Crippen molar-refractivity contribution in [3.05, 3.63) is 52.2 Å². The lowest BCUT2D eigenvalue weighted by atomic mass is 10.2. The van der Waals surface area contributed by atoms with Gasteiger partial charge in [0.1, 0.15) is 12.4 Å². The molecule has 5 heteroatoms. The first kappa shape index (κ1) is 17.5. The molecule has 0 unspecified atom stereocenters. The van der Waals surface area contributed by atoms with Crippen molar-refractivity contribution >= 4 is 17.2 Å². The minimum atomic E-state index is 0.122. The van der Waals surface area contributed by atoms with E-state index in [9.17, 15) is 4.79 Å². The number of thiophene rings is 1. The third-order valence-electron chi connectivity index (χ3n) is 3.63. The van der Waals surface area contributed by atoms with Gasteiger partial charge in [-0.3, -0.25) is 9.69 Å². The number of para-hydroxylation sites is 1. The summed E-state index contributed by atoms with van der Waals surface area (Å²) in [7, 11) is 3.79. The fraction of sp³-hybridized carbons (Fsp3) is 0.389. The van der Waals surface area contributed by atoms with Crippen LogP contribution in [-0.2, 0) is 11.3 Å². The van der Waals surface area contributed by atoms with Gasteiger partial charge in [0.25, 0.3) is 0 Å². The Morgan fingerprint density at radius 1 is 1.17 bits per heavy atom. The van der Waals surface area contributed by atoms with Gasteiger partial charge >= 0.3 is 0 Å². The van der Waals surface area contributed by atoms with Crippen LogP contribution in [0, 0.1) is 6.92 Å². The monoisotopic (exact) mass is 332 g/mol. The third-order valence-corrected chi connectivity index (χ3v) is 4.49. The van der Waals surface area contributed by atoms with E-state index in [1.165, 1.54) is 4.88 Å². The van der Waals surface area contributed by atoms with Gasteiger partial charge in [0.15, 0.2) is 0 Å². The predicted octanol–water partition coefficient (Wildman–Crippen LogP) is 3.03. The Labute approximate surface area is 142 Å². The number of ether oxygens (including phenoxy) is 1. The highest BCUT2D eigenvalue weighted by Gasteiger charge is 2.12. The van der Waals surface area contributed by atoms with Gasteiger partial charge in [-0.05, 0) is 37.0 Å². The largest absolute Gasteiger partial charge is 0.492 e. The second-order valence-electron chi connectivity index (χ2n) is 5.68. The molecule has 2 aromatic rings. The molecule has 1 aromatic heterocycles. The lowest BCUT2D eigenvalue weighted by Gasteiger charge is -2.21. The lowest BCUT2D eigenvalue weighted by Crippen LogP contribution is -2.37. The number of likely N-dealkylation sites (N-methyl/N-ethyl adjacent to an activating group) is 2. The van der Waals surface area contributed by atoms with E-state index >= 15 is 0 Å². The summed E-state index contributed by atoms with van der Waals surface area (Å²) in [4.78, 5) is 17.2. The molecule has 0 saturated carbocycles. The van der Waals surface area contributed by atoms with E-state index in [2.05, 4.69) is 0 Å². The van der Waals surface area contributed by atoms with Crippen LogP contribution in [0.2, 0.25) is 0 Å². The Bertz CT molecular complexity index is 613. The minimum Gasteiger partial charge on any atom is -0.492 e. The Balaban J connectivity index is 1.70. The van der Waals surface area contributed by atoms with Crippen LogP contribution in [0.25, 0.3) is 0 Å². The topological polar surface area (TPSA) is 32.8 Å². The zero-order valence-corrected chi connectivity index (χ0v) is 14.8. The second kappa shape index (κ2) is 8.70. The van der Waals surface area contributed by atoms with E-state index in [0.717, 1.165) is 11.3 Å². The maximum Gasteiger partial charge on any atom is 0.236 e. The molecule has 0 aliphatic heterocycles. The average Bonchev–Trinajstić information content (AvgIpc) is 3.02. The van der Waals surface area contributed by atoms with Crippen LogP contribution < -0.4 is 4.74 Å². The van der Waals surface area contributed by atoms with Gasteiger partial charge in [-0.2, -0.15) is 0 Å². The van der Waals surface area contributed by atoms with Crippen LogP contribution in [0.5, 0.6) is 5.75 Å². The molecule has 0 spiro atoms. The number of hydrogen-bond acceptors (Lipinski definition) is 4. The summed E-state index contributed by atoms with van der Waals surface area (Å²) in [5, 5.41) is 2.03. The minimum absolute atomic E-state index is 0.122. The molecule has 2 rings (SSSR count). The SMILES string of the molecule is Cc1ccccc1OCCN(C)CC(=O)N(C)Cc1cccs1. The predicted molar refractivity (Wildman–Crippen MR) is 95.0 cm³/mol. The van der Waals surface area contributed by atoms with Crippen molar-refractivity contribution in [2.75, 3.05) is 33.8 Å². The highest BCUT2D eigenvalue weighted by atomic mass is 32.1. The third kappa shape index (κ3) is 5.69. The van der Waals surface area contributed by atoms with E-state index < -0.39 is 0 Å².